The van der Waals surface area contributed by atoms with E-state index in [9.17, 15) is 4.79 Å². The van der Waals surface area contributed by atoms with Gasteiger partial charge in [0.05, 0.1) is 16.3 Å². The lowest BCUT2D eigenvalue weighted by Gasteiger charge is -2.21. The zero-order valence-corrected chi connectivity index (χ0v) is 15.2. The van der Waals surface area contributed by atoms with Gasteiger partial charge < -0.3 is 10.2 Å². The average molecular weight is 361 g/mol. The van der Waals surface area contributed by atoms with Crippen LogP contribution in [0.25, 0.3) is 0 Å². The molecule has 0 saturated carbocycles. The van der Waals surface area contributed by atoms with Gasteiger partial charge in [0.25, 0.3) is 5.91 Å². The first-order valence-corrected chi connectivity index (χ1v) is 9.87. The number of nitrogens with zero attached hydrogens (tertiary/aromatic N) is 1. The minimum absolute atomic E-state index is 0.0166. The lowest BCUT2D eigenvalue weighted by atomic mass is 9.99. The minimum Gasteiger partial charge on any atom is -0.370 e. The van der Waals surface area contributed by atoms with Gasteiger partial charge in [0.15, 0.2) is 0 Å². The molecule has 0 unspecified atom stereocenters. The van der Waals surface area contributed by atoms with Crippen LogP contribution in [0.2, 0.25) is 5.02 Å². The van der Waals surface area contributed by atoms with E-state index in [1.54, 1.807) is 11.3 Å². The molecule has 1 amide bonds. The zero-order valence-electron chi connectivity index (χ0n) is 13.6. The summed E-state index contributed by atoms with van der Waals surface area (Å²) in [6, 6.07) is 7.85. The van der Waals surface area contributed by atoms with E-state index in [0.29, 0.717) is 5.02 Å². The van der Waals surface area contributed by atoms with Gasteiger partial charge in [-0.25, -0.2) is 0 Å². The topological polar surface area (TPSA) is 32.3 Å². The molecule has 2 aromatic rings. The fourth-order valence-corrected chi connectivity index (χ4v) is 4.95. The molecule has 4 rings (SSSR count). The maximum absolute atomic E-state index is 12.7. The zero-order chi connectivity index (χ0) is 16.5. The van der Waals surface area contributed by atoms with Crippen LogP contribution in [-0.2, 0) is 12.8 Å². The second kappa shape index (κ2) is 6.77. The van der Waals surface area contributed by atoms with Gasteiger partial charge in [-0.3, -0.25) is 4.79 Å². The van der Waals surface area contributed by atoms with Crippen LogP contribution in [0.1, 0.15) is 45.8 Å². The van der Waals surface area contributed by atoms with Gasteiger partial charge >= 0.3 is 0 Å². The number of hydrogen-bond acceptors (Lipinski definition) is 3. The third-order valence-electron chi connectivity index (χ3n) is 4.87. The fraction of sp³-hybridized carbons (Fsp3) is 0.421. The number of rotatable bonds is 3. The predicted molar refractivity (Wildman–Crippen MR) is 102 cm³/mol. The minimum atomic E-state index is -0.0166. The number of aryl methyl sites for hydroxylation is 2. The lowest BCUT2D eigenvalue weighted by molar-refractivity contribution is 0.103. The molecule has 1 aliphatic heterocycles. The number of hydrogen-bond donors (Lipinski definition) is 1. The summed E-state index contributed by atoms with van der Waals surface area (Å²) in [4.78, 5) is 17.3. The lowest BCUT2D eigenvalue weighted by Crippen LogP contribution is -2.20. The van der Waals surface area contributed by atoms with Gasteiger partial charge in [0.2, 0.25) is 0 Å². The molecule has 0 radical (unpaired) electrons. The van der Waals surface area contributed by atoms with Crippen molar-refractivity contribution in [1.29, 1.82) is 0 Å². The van der Waals surface area contributed by atoms with Crippen LogP contribution in [0.3, 0.4) is 0 Å². The number of fused-ring (bicyclic) bond motifs is 1. The summed E-state index contributed by atoms with van der Waals surface area (Å²) in [5.74, 6) is -0.0166. The van der Waals surface area contributed by atoms with Crippen LogP contribution < -0.4 is 10.2 Å². The van der Waals surface area contributed by atoms with Crippen LogP contribution >= 0.6 is 22.9 Å². The van der Waals surface area contributed by atoms with Crippen LogP contribution in [0.5, 0.6) is 0 Å². The normalized spacial score (nSPS) is 17.0. The fourth-order valence-electron chi connectivity index (χ4n) is 3.63. The molecule has 2 heterocycles. The van der Waals surface area contributed by atoms with Crippen molar-refractivity contribution in [3.05, 3.63) is 44.6 Å². The Balaban J connectivity index is 1.59. The largest absolute Gasteiger partial charge is 0.370 e. The van der Waals surface area contributed by atoms with Crippen molar-refractivity contribution < 1.29 is 4.79 Å². The van der Waals surface area contributed by atoms with Crippen molar-refractivity contribution in [3.8, 4) is 0 Å². The van der Waals surface area contributed by atoms with E-state index in [1.807, 2.05) is 18.2 Å². The number of carbonyl (C=O) groups excluding carboxylic acids is 1. The predicted octanol–water partition coefficient (Wildman–Crippen LogP) is 5.13. The standard InChI is InChI=1S/C19H21ClN2OS/c20-14-7-8-16(22-9-3-4-10-22)15(12-14)21-19(23)18-11-13-5-1-2-6-17(13)24-18/h7-8,11-12H,1-6,9-10H2,(H,21,23). The van der Waals surface area contributed by atoms with Crippen molar-refractivity contribution in [3.63, 3.8) is 0 Å². The summed E-state index contributed by atoms with van der Waals surface area (Å²) < 4.78 is 0. The van der Waals surface area contributed by atoms with E-state index in [0.717, 1.165) is 42.2 Å². The first-order valence-electron chi connectivity index (χ1n) is 8.68. The molecule has 3 nitrogen and oxygen atoms in total. The molecule has 24 heavy (non-hydrogen) atoms. The molecular weight excluding hydrogens is 340 g/mol. The second-order valence-corrected chi connectivity index (χ2v) is 8.15. The maximum Gasteiger partial charge on any atom is 0.265 e. The van der Waals surface area contributed by atoms with E-state index in [-0.39, 0.29) is 5.91 Å². The molecule has 2 aliphatic rings. The van der Waals surface area contributed by atoms with Crippen LogP contribution in [0, 0.1) is 0 Å². The number of amides is 1. The first-order chi connectivity index (χ1) is 11.7. The molecule has 0 atom stereocenters. The van der Waals surface area contributed by atoms with Gasteiger partial charge in [0.1, 0.15) is 0 Å². The van der Waals surface area contributed by atoms with Gasteiger partial charge in [-0.15, -0.1) is 11.3 Å². The molecule has 1 aromatic heterocycles. The molecule has 1 aromatic carbocycles. The Kier molecular flexibility index (Phi) is 4.51. The first kappa shape index (κ1) is 16.0. The summed E-state index contributed by atoms with van der Waals surface area (Å²) in [6.07, 6.45) is 7.10. The SMILES string of the molecule is O=C(Nc1cc(Cl)ccc1N1CCCC1)c1cc2c(s1)CCCC2. The number of benzene rings is 1. The van der Waals surface area contributed by atoms with Crippen molar-refractivity contribution in [2.45, 2.75) is 38.5 Å². The number of carbonyl (C=O) groups is 1. The Labute approximate surface area is 151 Å². The highest BCUT2D eigenvalue weighted by molar-refractivity contribution is 7.14. The maximum atomic E-state index is 12.7. The van der Waals surface area contributed by atoms with Crippen LogP contribution in [0.15, 0.2) is 24.3 Å². The Morgan fingerprint density at radius 3 is 2.67 bits per heavy atom. The third-order valence-corrected chi connectivity index (χ3v) is 6.34. The summed E-state index contributed by atoms with van der Waals surface area (Å²) >= 11 is 7.81. The quantitative estimate of drug-likeness (QED) is 0.822. The van der Waals surface area contributed by atoms with Crippen molar-refractivity contribution in [2.24, 2.45) is 0 Å². The Morgan fingerprint density at radius 1 is 1.08 bits per heavy atom. The molecule has 1 fully saturated rings. The van der Waals surface area contributed by atoms with E-state index in [4.69, 9.17) is 11.6 Å². The highest BCUT2D eigenvalue weighted by atomic mass is 35.5. The van der Waals surface area contributed by atoms with E-state index >= 15 is 0 Å². The van der Waals surface area contributed by atoms with Crippen LogP contribution in [0.4, 0.5) is 11.4 Å². The van der Waals surface area contributed by atoms with Crippen molar-refractivity contribution >= 4 is 40.2 Å². The summed E-state index contributed by atoms with van der Waals surface area (Å²) in [5, 5.41) is 3.75. The Bertz CT molecular complexity index is 741. The van der Waals surface area contributed by atoms with Gasteiger partial charge in [-0.1, -0.05) is 11.6 Å². The molecule has 0 bridgehead atoms. The van der Waals surface area contributed by atoms with Crippen molar-refractivity contribution in [1.82, 2.24) is 0 Å². The molecule has 126 valence electrons. The molecule has 1 saturated heterocycles. The van der Waals surface area contributed by atoms with E-state index < -0.39 is 0 Å². The molecule has 1 aliphatic carbocycles. The number of nitrogens with one attached hydrogen (secondary N) is 1. The average Bonchev–Trinajstić information content (AvgIpc) is 3.24. The van der Waals surface area contributed by atoms with Gasteiger partial charge in [-0.2, -0.15) is 0 Å². The molecule has 1 N–H and O–H groups in total. The van der Waals surface area contributed by atoms with Gasteiger partial charge in [0, 0.05) is 23.0 Å². The molecule has 5 heteroatoms. The van der Waals surface area contributed by atoms with Crippen molar-refractivity contribution in [2.75, 3.05) is 23.3 Å². The monoisotopic (exact) mass is 360 g/mol. The Hall–Kier alpha value is -1.52. The highest BCUT2D eigenvalue weighted by Gasteiger charge is 2.20. The summed E-state index contributed by atoms with van der Waals surface area (Å²) in [6.45, 7) is 2.08. The second-order valence-electron chi connectivity index (χ2n) is 6.58. The van der Waals surface area contributed by atoms with Crippen LogP contribution in [-0.4, -0.2) is 19.0 Å². The smallest absolute Gasteiger partial charge is 0.265 e. The number of halogens is 1. The third kappa shape index (κ3) is 3.17. The highest BCUT2D eigenvalue weighted by Crippen LogP contribution is 2.34. The van der Waals surface area contributed by atoms with E-state index in [1.165, 1.54) is 36.1 Å². The number of thiophene rings is 1. The molecule has 0 spiro atoms. The Morgan fingerprint density at radius 2 is 1.88 bits per heavy atom. The number of anilines is 2. The van der Waals surface area contributed by atoms with Gasteiger partial charge in [-0.05, 0) is 68.4 Å². The van der Waals surface area contributed by atoms with E-state index in [2.05, 4.69) is 16.3 Å². The molecular formula is C19H21ClN2OS. The summed E-state index contributed by atoms with van der Waals surface area (Å²) in [5.41, 5.74) is 3.26. The summed E-state index contributed by atoms with van der Waals surface area (Å²) in [7, 11) is 0.